The summed E-state index contributed by atoms with van der Waals surface area (Å²) in [5.74, 6) is 0.710. The van der Waals surface area contributed by atoms with Gasteiger partial charge in [0.1, 0.15) is 0 Å². The Labute approximate surface area is 96.4 Å². The lowest BCUT2D eigenvalue weighted by Gasteiger charge is -2.22. The summed E-state index contributed by atoms with van der Waals surface area (Å²) in [7, 11) is 0. The Kier molecular flexibility index (Phi) is 4.10. The van der Waals surface area contributed by atoms with Gasteiger partial charge in [-0.05, 0) is 38.2 Å². The quantitative estimate of drug-likeness (QED) is 0.846. The van der Waals surface area contributed by atoms with E-state index in [4.69, 9.17) is 4.74 Å². The maximum atomic E-state index is 5.65. The Hall–Kier alpha value is -1.16. The van der Waals surface area contributed by atoms with Gasteiger partial charge in [0, 0.05) is 25.5 Å². The molecule has 1 aromatic rings. The second kappa shape index (κ2) is 5.80. The van der Waals surface area contributed by atoms with Gasteiger partial charge in [-0.25, -0.2) is 9.97 Å². The first-order chi connectivity index (χ1) is 7.84. The minimum atomic E-state index is 0.423. The highest BCUT2D eigenvalue weighted by molar-refractivity contribution is 5.23. The smallest absolute Gasteiger partial charge is 0.222 e. The molecule has 1 N–H and O–H groups in total. The van der Waals surface area contributed by atoms with Crippen molar-refractivity contribution in [2.24, 2.45) is 0 Å². The van der Waals surface area contributed by atoms with Crippen LogP contribution in [0.15, 0.2) is 12.4 Å². The van der Waals surface area contributed by atoms with Crippen LogP contribution in [0, 0.1) is 6.92 Å². The minimum Gasteiger partial charge on any atom is -0.378 e. The molecule has 0 aromatic carbocycles. The summed E-state index contributed by atoms with van der Waals surface area (Å²) < 4.78 is 5.65. The number of ether oxygens (including phenoxy) is 1. The molecule has 1 aliphatic rings. The molecule has 0 radical (unpaired) electrons. The Morgan fingerprint density at radius 1 is 1.38 bits per heavy atom. The average molecular weight is 221 g/mol. The fourth-order valence-electron chi connectivity index (χ4n) is 1.86. The normalized spacial score (nSPS) is 20.7. The van der Waals surface area contributed by atoms with Gasteiger partial charge < -0.3 is 10.1 Å². The molecule has 1 unspecified atom stereocenters. The van der Waals surface area contributed by atoms with E-state index in [0.29, 0.717) is 12.1 Å². The lowest BCUT2D eigenvalue weighted by Crippen LogP contribution is -2.22. The molecule has 88 valence electrons. The van der Waals surface area contributed by atoms with Crippen molar-refractivity contribution in [3.05, 3.63) is 18.0 Å². The van der Waals surface area contributed by atoms with E-state index < -0.39 is 0 Å². The molecule has 4 nitrogen and oxygen atoms in total. The van der Waals surface area contributed by atoms with Crippen LogP contribution in [0.1, 0.15) is 31.2 Å². The lowest BCUT2D eigenvalue weighted by molar-refractivity contribution is 0.0134. The monoisotopic (exact) mass is 221 g/mol. The second-order valence-electron chi connectivity index (χ2n) is 4.29. The van der Waals surface area contributed by atoms with E-state index in [1.807, 2.05) is 19.3 Å². The lowest BCUT2D eigenvalue weighted by atomic mass is 10.1. The van der Waals surface area contributed by atoms with Crippen LogP contribution in [0.2, 0.25) is 0 Å². The zero-order valence-electron chi connectivity index (χ0n) is 9.78. The molecule has 1 saturated heterocycles. The van der Waals surface area contributed by atoms with Crippen LogP contribution in [-0.4, -0.2) is 29.2 Å². The molecule has 0 saturated carbocycles. The van der Waals surface area contributed by atoms with E-state index in [1.54, 1.807) is 0 Å². The standard InChI is InChI=1S/C12H19N3O/c1-10-8-14-12(15-9-10)13-6-5-11-4-2-3-7-16-11/h8-9,11H,2-7H2,1H3,(H,13,14,15). The third kappa shape index (κ3) is 3.45. The molecular formula is C12H19N3O. The Bertz CT molecular complexity index is 307. The fraction of sp³-hybridized carbons (Fsp3) is 0.667. The molecule has 1 fully saturated rings. The number of hydrogen-bond acceptors (Lipinski definition) is 4. The van der Waals surface area contributed by atoms with E-state index in [-0.39, 0.29) is 0 Å². The number of rotatable bonds is 4. The maximum Gasteiger partial charge on any atom is 0.222 e. The van der Waals surface area contributed by atoms with Crippen molar-refractivity contribution in [3.8, 4) is 0 Å². The van der Waals surface area contributed by atoms with Gasteiger partial charge in [-0.3, -0.25) is 0 Å². The second-order valence-corrected chi connectivity index (χ2v) is 4.29. The summed E-state index contributed by atoms with van der Waals surface area (Å²) in [6.45, 7) is 3.79. The fourth-order valence-corrected chi connectivity index (χ4v) is 1.86. The summed E-state index contributed by atoms with van der Waals surface area (Å²) in [5.41, 5.74) is 1.08. The van der Waals surface area contributed by atoms with Crippen molar-refractivity contribution in [2.75, 3.05) is 18.5 Å². The van der Waals surface area contributed by atoms with Gasteiger partial charge in [0.25, 0.3) is 0 Å². The summed E-state index contributed by atoms with van der Waals surface area (Å²) in [6, 6.07) is 0. The number of nitrogens with zero attached hydrogens (tertiary/aromatic N) is 2. The van der Waals surface area contributed by atoms with E-state index in [2.05, 4.69) is 15.3 Å². The predicted molar refractivity (Wildman–Crippen MR) is 63.5 cm³/mol. The maximum absolute atomic E-state index is 5.65. The van der Waals surface area contributed by atoms with Crippen LogP contribution >= 0.6 is 0 Å². The van der Waals surface area contributed by atoms with Crippen LogP contribution in [0.3, 0.4) is 0 Å². The van der Waals surface area contributed by atoms with Crippen LogP contribution in [0.4, 0.5) is 5.95 Å². The molecule has 2 rings (SSSR count). The Morgan fingerprint density at radius 3 is 2.88 bits per heavy atom. The number of hydrogen-bond donors (Lipinski definition) is 1. The van der Waals surface area contributed by atoms with Gasteiger partial charge in [0.15, 0.2) is 0 Å². The first-order valence-corrected chi connectivity index (χ1v) is 5.99. The van der Waals surface area contributed by atoms with Crippen LogP contribution in [0.5, 0.6) is 0 Å². The van der Waals surface area contributed by atoms with Gasteiger partial charge in [-0.15, -0.1) is 0 Å². The summed E-state index contributed by atoms with van der Waals surface area (Å²) in [5, 5.41) is 3.22. The number of nitrogens with one attached hydrogen (secondary N) is 1. The average Bonchev–Trinajstić information content (AvgIpc) is 2.33. The molecule has 1 atom stereocenters. The minimum absolute atomic E-state index is 0.423. The SMILES string of the molecule is Cc1cnc(NCCC2CCCCO2)nc1. The largest absolute Gasteiger partial charge is 0.378 e. The van der Waals surface area contributed by atoms with E-state index in [0.717, 1.165) is 25.1 Å². The van der Waals surface area contributed by atoms with Gasteiger partial charge in [0.05, 0.1) is 6.10 Å². The third-order valence-electron chi connectivity index (χ3n) is 2.80. The third-order valence-corrected chi connectivity index (χ3v) is 2.80. The molecule has 4 heteroatoms. The first kappa shape index (κ1) is 11.3. The van der Waals surface area contributed by atoms with E-state index in [9.17, 15) is 0 Å². The number of aryl methyl sites for hydroxylation is 1. The van der Waals surface area contributed by atoms with Crippen molar-refractivity contribution in [3.63, 3.8) is 0 Å². The molecule has 0 aliphatic carbocycles. The number of anilines is 1. The van der Waals surface area contributed by atoms with Gasteiger partial charge in [0.2, 0.25) is 5.95 Å². The van der Waals surface area contributed by atoms with Crippen molar-refractivity contribution in [1.82, 2.24) is 9.97 Å². The summed E-state index contributed by atoms with van der Waals surface area (Å²) >= 11 is 0. The zero-order valence-corrected chi connectivity index (χ0v) is 9.78. The first-order valence-electron chi connectivity index (χ1n) is 5.99. The number of aromatic nitrogens is 2. The Morgan fingerprint density at radius 2 is 2.19 bits per heavy atom. The summed E-state index contributed by atoms with van der Waals surface area (Å²) in [4.78, 5) is 8.40. The molecule has 2 heterocycles. The van der Waals surface area contributed by atoms with Crippen molar-refractivity contribution < 1.29 is 4.74 Å². The van der Waals surface area contributed by atoms with E-state index in [1.165, 1.54) is 19.3 Å². The van der Waals surface area contributed by atoms with Crippen molar-refractivity contribution in [1.29, 1.82) is 0 Å². The van der Waals surface area contributed by atoms with Gasteiger partial charge >= 0.3 is 0 Å². The van der Waals surface area contributed by atoms with Crippen molar-refractivity contribution in [2.45, 2.75) is 38.7 Å². The summed E-state index contributed by atoms with van der Waals surface area (Å²) in [6.07, 6.45) is 8.81. The molecule has 0 amide bonds. The molecule has 1 aromatic heterocycles. The topological polar surface area (TPSA) is 47.0 Å². The molecular weight excluding hydrogens is 202 g/mol. The molecule has 16 heavy (non-hydrogen) atoms. The predicted octanol–water partition coefficient (Wildman–Crippen LogP) is 2.16. The van der Waals surface area contributed by atoms with E-state index >= 15 is 0 Å². The van der Waals surface area contributed by atoms with Crippen LogP contribution < -0.4 is 5.32 Å². The van der Waals surface area contributed by atoms with Gasteiger partial charge in [-0.1, -0.05) is 0 Å². The van der Waals surface area contributed by atoms with Gasteiger partial charge in [-0.2, -0.15) is 0 Å². The Balaban J connectivity index is 1.69. The molecule has 0 bridgehead atoms. The highest BCUT2D eigenvalue weighted by Gasteiger charge is 2.12. The highest BCUT2D eigenvalue weighted by Crippen LogP contribution is 2.15. The van der Waals surface area contributed by atoms with Crippen LogP contribution in [0.25, 0.3) is 0 Å². The molecule has 1 aliphatic heterocycles. The molecule has 0 spiro atoms. The van der Waals surface area contributed by atoms with Crippen molar-refractivity contribution >= 4 is 5.95 Å². The van der Waals surface area contributed by atoms with Crippen LogP contribution in [-0.2, 0) is 4.74 Å². The highest BCUT2D eigenvalue weighted by atomic mass is 16.5. The zero-order chi connectivity index (χ0) is 11.2.